The van der Waals surface area contributed by atoms with E-state index in [2.05, 4.69) is 28.0 Å². The summed E-state index contributed by atoms with van der Waals surface area (Å²) >= 11 is 0. The van der Waals surface area contributed by atoms with E-state index >= 15 is 0 Å². The van der Waals surface area contributed by atoms with Gasteiger partial charge in [-0.1, -0.05) is 6.07 Å². The van der Waals surface area contributed by atoms with Crippen molar-refractivity contribution in [1.82, 2.24) is 0 Å². The zero-order valence-electron chi connectivity index (χ0n) is 20.7. The molecule has 0 unspecified atom stereocenters. The number of carboxylic acid groups (broad SMARTS) is 1. The summed E-state index contributed by atoms with van der Waals surface area (Å²) in [5.74, 6) is 1.71. The summed E-state index contributed by atoms with van der Waals surface area (Å²) in [5.41, 5.74) is 3.80. The van der Waals surface area contributed by atoms with Gasteiger partial charge in [-0.05, 0) is 61.1 Å². The van der Waals surface area contributed by atoms with Crippen LogP contribution in [0.2, 0.25) is 0 Å². The van der Waals surface area contributed by atoms with Gasteiger partial charge in [0.15, 0.2) is 0 Å². The van der Waals surface area contributed by atoms with Gasteiger partial charge in [0.05, 0.1) is 19.6 Å². The second-order valence-corrected chi connectivity index (χ2v) is 9.99. The van der Waals surface area contributed by atoms with Crippen molar-refractivity contribution in [2.45, 2.75) is 62.7 Å². The molecule has 5 rings (SSSR count). The Balaban J connectivity index is 1.19. The SMILES string of the molecule is COc1ccc(C2CC2)c(N2CCC(Oc3ccc(N4C[C@H](OC)C[C@@H]4CC(=O)O)cc3)CC2)c1. The Morgan fingerprint density at radius 3 is 2.31 bits per heavy atom. The Hall–Kier alpha value is -2.93. The maximum atomic E-state index is 11.3. The Bertz CT molecular complexity index is 1010. The summed E-state index contributed by atoms with van der Waals surface area (Å²) in [7, 11) is 3.42. The highest BCUT2D eigenvalue weighted by Gasteiger charge is 2.34. The van der Waals surface area contributed by atoms with E-state index in [1.54, 1.807) is 14.2 Å². The second-order valence-electron chi connectivity index (χ2n) is 9.99. The van der Waals surface area contributed by atoms with Crippen LogP contribution >= 0.6 is 0 Å². The van der Waals surface area contributed by atoms with Crippen LogP contribution in [0.4, 0.5) is 11.4 Å². The molecular formula is C28H36N2O5. The highest BCUT2D eigenvalue weighted by Crippen LogP contribution is 2.46. The minimum absolute atomic E-state index is 0.0503. The van der Waals surface area contributed by atoms with Gasteiger partial charge in [-0.3, -0.25) is 4.79 Å². The number of methoxy groups -OCH3 is 2. The average molecular weight is 481 g/mol. The molecule has 1 saturated carbocycles. The lowest BCUT2D eigenvalue weighted by Crippen LogP contribution is -2.38. The van der Waals surface area contributed by atoms with E-state index in [0.29, 0.717) is 12.5 Å². The first-order valence-corrected chi connectivity index (χ1v) is 12.7. The highest BCUT2D eigenvalue weighted by atomic mass is 16.5. The van der Waals surface area contributed by atoms with Crippen LogP contribution in [-0.4, -0.2) is 63.2 Å². The molecule has 0 spiro atoms. The number of anilines is 2. The molecule has 2 atom stereocenters. The summed E-state index contributed by atoms with van der Waals surface area (Å²) in [6.45, 7) is 2.65. The molecule has 7 heteroatoms. The van der Waals surface area contributed by atoms with E-state index in [9.17, 15) is 9.90 Å². The van der Waals surface area contributed by atoms with Crippen LogP contribution < -0.4 is 19.3 Å². The lowest BCUT2D eigenvalue weighted by Gasteiger charge is -2.35. The lowest BCUT2D eigenvalue weighted by molar-refractivity contribution is -0.137. The number of benzene rings is 2. The predicted octanol–water partition coefficient (Wildman–Crippen LogP) is 4.69. The van der Waals surface area contributed by atoms with Gasteiger partial charge >= 0.3 is 5.97 Å². The molecule has 7 nitrogen and oxygen atoms in total. The second kappa shape index (κ2) is 10.4. The number of rotatable bonds is 9. The topological polar surface area (TPSA) is 71.5 Å². The van der Waals surface area contributed by atoms with E-state index in [4.69, 9.17) is 14.2 Å². The van der Waals surface area contributed by atoms with Crippen molar-refractivity contribution in [3.8, 4) is 11.5 Å². The van der Waals surface area contributed by atoms with E-state index < -0.39 is 5.97 Å². The van der Waals surface area contributed by atoms with Gasteiger partial charge in [0.2, 0.25) is 0 Å². The number of ether oxygens (including phenoxy) is 3. The Morgan fingerprint density at radius 2 is 1.69 bits per heavy atom. The first-order chi connectivity index (χ1) is 17.0. The summed E-state index contributed by atoms with van der Waals surface area (Å²) in [4.78, 5) is 15.9. The summed E-state index contributed by atoms with van der Waals surface area (Å²) < 4.78 is 17.3. The maximum absolute atomic E-state index is 11.3. The molecule has 2 saturated heterocycles. The van der Waals surface area contributed by atoms with Gasteiger partial charge < -0.3 is 29.1 Å². The monoisotopic (exact) mass is 480 g/mol. The fourth-order valence-electron chi connectivity index (χ4n) is 5.54. The molecule has 2 aromatic carbocycles. The van der Waals surface area contributed by atoms with E-state index in [1.807, 2.05) is 24.3 Å². The highest BCUT2D eigenvalue weighted by molar-refractivity contribution is 5.69. The molecular weight excluding hydrogens is 444 g/mol. The number of carbonyl (C=O) groups is 1. The third kappa shape index (κ3) is 5.50. The van der Waals surface area contributed by atoms with Crippen molar-refractivity contribution < 1.29 is 24.1 Å². The predicted molar refractivity (Wildman–Crippen MR) is 136 cm³/mol. The standard InChI is InChI=1S/C28H36N2O5/c1-33-24-9-10-26(19-3-4-19)27(17-24)29-13-11-23(12-14-29)35-22-7-5-20(6-8-22)30-18-25(34-2)15-21(30)16-28(31)32/h5-10,17,19,21,23,25H,3-4,11-16,18H2,1-2H3,(H,31,32)/t21-,25-/m1/s1. The third-order valence-corrected chi connectivity index (χ3v) is 7.63. The smallest absolute Gasteiger partial charge is 0.305 e. The van der Waals surface area contributed by atoms with Crippen molar-refractivity contribution in [2.75, 3.05) is 43.7 Å². The normalized spacial score (nSPS) is 22.9. The van der Waals surface area contributed by atoms with Crippen LogP contribution in [0, 0.1) is 0 Å². The van der Waals surface area contributed by atoms with Crippen molar-refractivity contribution >= 4 is 17.3 Å². The van der Waals surface area contributed by atoms with Gasteiger partial charge in [0.25, 0.3) is 0 Å². The van der Waals surface area contributed by atoms with Gasteiger partial charge in [-0.25, -0.2) is 0 Å². The Kier molecular flexibility index (Phi) is 7.04. The van der Waals surface area contributed by atoms with Crippen molar-refractivity contribution in [1.29, 1.82) is 0 Å². The number of carboxylic acids is 1. The third-order valence-electron chi connectivity index (χ3n) is 7.63. The lowest BCUT2D eigenvalue weighted by atomic mass is 10.0. The molecule has 0 aromatic heterocycles. The van der Waals surface area contributed by atoms with Crippen LogP contribution in [0.15, 0.2) is 42.5 Å². The van der Waals surface area contributed by atoms with Crippen molar-refractivity contribution in [2.24, 2.45) is 0 Å². The van der Waals surface area contributed by atoms with Crippen molar-refractivity contribution in [3.63, 3.8) is 0 Å². The molecule has 2 aliphatic heterocycles. The first kappa shape index (κ1) is 23.8. The van der Waals surface area contributed by atoms with E-state index in [-0.39, 0.29) is 24.7 Å². The zero-order valence-corrected chi connectivity index (χ0v) is 20.7. The maximum Gasteiger partial charge on any atom is 0.305 e. The molecule has 2 aromatic rings. The molecule has 0 amide bonds. The molecule has 0 radical (unpaired) electrons. The number of hydrogen-bond donors (Lipinski definition) is 1. The Labute approximate surface area is 207 Å². The Morgan fingerprint density at radius 1 is 0.971 bits per heavy atom. The summed E-state index contributed by atoms with van der Waals surface area (Å²) in [6.07, 6.45) is 5.63. The molecule has 1 aliphatic carbocycles. The van der Waals surface area contributed by atoms with Crippen molar-refractivity contribution in [3.05, 3.63) is 48.0 Å². The molecule has 1 N–H and O–H groups in total. The van der Waals surface area contributed by atoms with Gasteiger partial charge in [-0.2, -0.15) is 0 Å². The van der Waals surface area contributed by atoms with Crippen LogP contribution in [-0.2, 0) is 9.53 Å². The molecule has 188 valence electrons. The van der Waals surface area contributed by atoms with Crippen LogP contribution in [0.1, 0.15) is 50.0 Å². The quantitative estimate of drug-likeness (QED) is 0.558. The number of nitrogens with zero attached hydrogens (tertiary/aromatic N) is 2. The van der Waals surface area contributed by atoms with E-state index in [1.165, 1.54) is 24.1 Å². The number of hydrogen-bond acceptors (Lipinski definition) is 6. The molecule has 0 bridgehead atoms. The zero-order chi connectivity index (χ0) is 24.4. The molecule has 35 heavy (non-hydrogen) atoms. The van der Waals surface area contributed by atoms with E-state index in [0.717, 1.165) is 49.5 Å². The number of piperidine rings is 1. The average Bonchev–Trinajstić information content (AvgIpc) is 3.65. The van der Waals surface area contributed by atoms with Gasteiger partial charge in [0.1, 0.15) is 17.6 Å². The number of aliphatic carboxylic acids is 1. The molecule has 2 heterocycles. The molecule has 3 aliphatic rings. The van der Waals surface area contributed by atoms with Gasteiger partial charge in [-0.15, -0.1) is 0 Å². The summed E-state index contributed by atoms with van der Waals surface area (Å²) in [6, 6.07) is 14.6. The first-order valence-electron chi connectivity index (χ1n) is 12.7. The van der Waals surface area contributed by atoms with Crippen LogP contribution in [0.3, 0.4) is 0 Å². The van der Waals surface area contributed by atoms with Gasteiger partial charge in [0, 0.05) is 63.1 Å². The minimum atomic E-state index is -0.777. The summed E-state index contributed by atoms with van der Waals surface area (Å²) in [5, 5.41) is 9.29. The van der Waals surface area contributed by atoms with Crippen LogP contribution in [0.25, 0.3) is 0 Å². The fourth-order valence-corrected chi connectivity index (χ4v) is 5.54. The van der Waals surface area contributed by atoms with Crippen LogP contribution in [0.5, 0.6) is 11.5 Å². The minimum Gasteiger partial charge on any atom is -0.497 e. The fraction of sp³-hybridized carbons (Fsp3) is 0.536. The largest absolute Gasteiger partial charge is 0.497 e. The molecule has 3 fully saturated rings.